The minimum absolute atomic E-state index is 0.210. The molecule has 76 valence electrons. The van der Waals surface area contributed by atoms with Gasteiger partial charge in [0.1, 0.15) is 0 Å². The highest BCUT2D eigenvalue weighted by Gasteiger charge is 2.06. The van der Waals surface area contributed by atoms with E-state index in [9.17, 15) is 0 Å². The van der Waals surface area contributed by atoms with Crippen molar-refractivity contribution in [3.63, 3.8) is 0 Å². The molecule has 0 bridgehead atoms. The van der Waals surface area contributed by atoms with E-state index >= 15 is 0 Å². The second-order valence-electron chi connectivity index (χ2n) is 3.99. The van der Waals surface area contributed by atoms with Crippen molar-refractivity contribution in [2.75, 3.05) is 19.6 Å². The minimum atomic E-state index is 0.210. The molecule has 0 aromatic carbocycles. The zero-order chi connectivity index (χ0) is 10.2. The summed E-state index contributed by atoms with van der Waals surface area (Å²) in [7, 11) is 0. The van der Waals surface area contributed by atoms with Gasteiger partial charge < -0.3 is 5.32 Å². The third-order valence-electron chi connectivity index (χ3n) is 1.40. The van der Waals surface area contributed by atoms with E-state index in [4.69, 9.17) is 0 Å². The Morgan fingerprint density at radius 1 is 1.23 bits per heavy atom. The van der Waals surface area contributed by atoms with Gasteiger partial charge in [-0.2, -0.15) is 0 Å². The molecule has 0 heterocycles. The average Bonchev–Trinajstić information content (AvgIpc) is 2.01. The largest absolute Gasteiger partial charge is 0.312 e. The molecule has 3 nitrogen and oxygen atoms in total. The summed E-state index contributed by atoms with van der Waals surface area (Å²) in [5.41, 5.74) is 0.210. The average molecular weight is 183 g/mol. The smallest absolute Gasteiger partial charge is 0.0892 e. The lowest BCUT2D eigenvalue weighted by molar-refractivity contribution is 0.424. The summed E-state index contributed by atoms with van der Waals surface area (Å²) in [5.74, 6) is 0. The van der Waals surface area contributed by atoms with Crippen LogP contribution in [0.2, 0.25) is 0 Å². The molecular formula is C10H21N3. The van der Waals surface area contributed by atoms with E-state index in [1.54, 1.807) is 0 Å². The van der Waals surface area contributed by atoms with Crippen molar-refractivity contribution in [3.8, 4) is 0 Å². The van der Waals surface area contributed by atoms with E-state index in [-0.39, 0.29) is 5.54 Å². The van der Waals surface area contributed by atoms with Gasteiger partial charge in [0, 0.05) is 12.1 Å². The number of hydrogen-bond acceptors (Lipinski definition) is 3. The van der Waals surface area contributed by atoms with Crippen molar-refractivity contribution in [2.24, 2.45) is 9.98 Å². The van der Waals surface area contributed by atoms with Crippen LogP contribution in [-0.2, 0) is 0 Å². The third kappa shape index (κ3) is 11.3. The lowest BCUT2D eigenvalue weighted by atomic mass is 10.1. The first kappa shape index (κ1) is 12.3. The highest BCUT2D eigenvalue weighted by atomic mass is 14.9. The van der Waals surface area contributed by atoms with Crippen LogP contribution < -0.4 is 5.32 Å². The van der Waals surface area contributed by atoms with Crippen LogP contribution in [0.4, 0.5) is 0 Å². The summed E-state index contributed by atoms with van der Waals surface area (Å²) >= 11 is 0. The summed E-state index contributed by atoms with van der Waals surface area (Å²) in [5, 5.41) is 3.39. The van der Waals surface area contributed by atoms with Gasteiger partial charge in [0.2, 0.25) is 0 Å². The Labute approximate surface area is 81.4 Å². The monoisotopic (exact) mass is 183 g/mol. The number of hydrogen-bond donors (Lipinski definition) is 1. The van der Waals surface area contributed by atoms with Crippen LogP contribution in [-0.4, -0.2) is 31.2 Å². The first-order valence-electron chi connectivity index (χ1n) is 4.89. The van der Waals surface area contributed by atoms with Crippen LogP contribution in [0.3, 0.4) is 0 Å². The maximum Gasteiger partial charge on any atom is 0.0892 e. The Morgan fingerprint density at radius 2 is 1.92 bits per heavy atom. The van der Waals surface area contributed by atoms with Crippen molar-refractivity contribution >= 4 is 6.01 Å². The first-order valence-corrected chi connectivity index (χ1v) is 4.89. The summed E-state index contributed by atoms with van der Waals surface area (Å²) < 4.78 is 0. The van der Waals surface area contributed by atoms with Crippen molar-refractivity contribution in [2.45, 2.75) is 39.7 Å². The van der Waals surface area contributed by atoms with Crippen LogP contribution in [0.25, 0.3) is 0 Å². The number of nitrogens with zero attached hydrogens (tertiary/aromatic N) is 2. The Morgan fingerprint density at radius 3 is 2.46 bits per heavy atom. The molecule has 0 aliphatic rings. The standard InChI is InChI=1S/C10H21N3/c1-5-11-9-12-7-6-8-13-10(2,3)4/h13H,5-8H2,1-4H3. The van der Waals surface area contributed by atoms with Crippen molar-refractivity contribution in [3.05, 3.63) is 0 Å². The van der Waals surface area contributed by atoms with Crippen molar-refractivity contribution in [1.29, 1.82) is 0 Å². The molecule has 1 N–H and O–H groups in total. The maximum absolute atomic E-state index is 4.02. The van der Waals surface area contributed by atoms with Gasteiger partial charge in [0.25, 0.3) is 0 Å². The van der Waals surface area contributed by atoms with Crippen LogP contribution >= 0.6 is 0 Å². The normalized spacial score (nSPS) is 10.8. The summed E-state index contributed by atoms with van der Waals surface area (Å²) in [6, 6.07) is 2.65. The SMILES string of the molecule is CCN=C=NCCCNC(C)(C)C. The molecule has 0 aliphatic heterocycles. The second-order valence-corrected chi connectivity index (χ2v) is 3.99. The Hall–Kier alpha value is -0.660. The third-order valence-corrected chi connectivity index (χ3v) is 1.40. The highest BCUT2D eigenvalue weighted by Crippen LogP contribution is 1.97. The number of aliphatic imine (C=N–C) groups is 2. The molecule has 0 amide bonds. The van der Waals surface area contributed by atoms with Gasteiger partial charge in [-0.1, -0.05) is 0 Å². The van der Waals surface area contributed by atoms with Crippen LogP contribution in [0.1, 0.15) is 34.1 Å². The zero-order valence-corrected chi connectivity index (χ0v) is 9.22. The van der Waals surface area contributed by atoms with Crippen molar-refractivity contribution in [1.82, 2.24) is 5.32 Å². The molecule has 0 unspecified atom stereocenters. The first-order chi connectivity index (χ1) is 6.06. The van der Waals surface area contributed by atoms with E-state index in [1.165, 1.54) is 0 Å². The molecule has 0 radical (unpaired) electrons. The molecule has 13 heavy (non-hydrogen) atoms. The molecule has 0 fully saturated rings. The Kier molecular flexibility index (Phi) is 6.47. The van der Waals surface area contributed by atoms with E-state index in [0.29, 0.717) is 0 Å². The summed E-state index contributed by atoms with van der Waals surface area (Å²) in [6.45, 7) is 11.0. The molecule has 0 aromatic heterocycles. The lowest BCUT2D eigenvalue weighted by Crippen LogP contribution is -2.36. The van der Waals surface area contributed by atoms with Gasteiger partial charge >= 0.3 is 0 Å². The summed E-state index contributed by atoms with van der Waals surface area (Å²) in [6.07, 6.45) is 1.05. The number of rotatable bonds is 5. The van der Waals surface area contributed by atoms with E-state index in [2.05, 4.69) is 42.1 Å². The van der Waals surface area contributed by atoms with Crippen LogP contribution in [0.5, 0.6) is 0 Å². The number of nitrogens with one attached hydrogen (secondary N) is 1. The van der Waals surface area contributed by atoms with Gasteiger partial charge in [-0.3, -0.25) is 0 Å². The Bertz CT molecular complexity index is 173. The van der Waals surface area contributed by atoms with E-state index in [0.717, 1.165) is 26.1 Å². The molecule has 0 aliphatic carbocycles. The van der Waals surface area contributed by atoms with Gasteiger partial charge in [0.05, 0.1) is 12.6 Å². The highest BCUT2D eigenvalue weighted by molar-refractivity contribution is 5.40. The van der Waals surface area contributed by atoms with Gasteiger partial charge in [-0.25, -0.2) is 9.98 Å². The predicted octanol–water partition coefficient (Wildman–Crippen LogP) is 1.96. The molecule has 3 heteroatoms. The van der Waals surface area contributed by atoms with E-state index in [1.807, 2.05) is 6.92 Å². The van der Waals surface area contributed by atoms with Crippen molar-refractivity contribution < 1.29 is 0 Å². The molecule has 0 spiro atoms. The predicted molar refractivity (Wildman–Crippen MR) is 57.6 cm³/mol. The van der Waals surface area contributed by atoms with Crippen LogP contribution in [0.15, 0.2) is 9.98 Å². The lowest BCUT2D eigenvalue weighted by Gasteiger charge is -2.19. The fourth-order valence-electron chi connectivity index (χ4n) is 0.792. The zero-order valence-electron chi connectivity index (χ0n) is 9.22. The molecular weight excluding hydrogens is 162 g/mol. The fourth-order valence-corrected chi connectivity index (χ4v) is 0.792. The van der Waals surface area contributed by atoms with Gasteiger partial charge in [0.15, 0.2) is 0 Å². The minimum Gasteiger partial charge on any atom is -0.312 e. The molecule has 0 aromatic rings. The summed E-state index contributed by atoms with van der Waals surface area (Å²) in [4.78, 5) is 7.91. The van der Waals surface area contributed by atoms with Crippen LogP contribution in [0, 0.1) is 0 Å². The van der Waals surface area contributed by atoms with Gasteiger partial charge in [-0.05, 0) is 40.7 Å². The Balaban J connectivity index is 3.32. The maximum atomic E-state index is 4.02. The van der Waals surface area contributed by atoms with Gasteiger partial charge in [-0.15, -0.1) is 0 Å². The topological polar surface area (TPSA) is 36.8 Å². The molecule has 0 saturated heterocycles. The fraction of sp³-hybridized carbons (Fsp3) is 0.900. The quantitative estimate of drug-likeness (QED) is 0.513. The molecule has 0 rings (SSSR count). The molecule has 0 atom stereocenters. The molecule has 0 saturated carbocycles. The second kappa shape index (κ2) is 6.81. The van der Waals surface area contributed by atoms with E-state index < -0.39 is 0 Å².